The summed E-state index contributed by atoms with van der Waals surface area (Å²) in [5, 5.41) is 2.86. The van der Waals surface area contributed by atoms with Crippen LogP contribution in [0.4, 0.5) is 0 Å². The molecule has 1 unspecified atom stereocenters. The highest BCUT2D eigenvalue weighted by molar-refractivity contribution is 7.22. The Morgan fingerprint density at radius 3 is 3.11 bits per heavy atom. The SMILES string of the molecule is COCC(C)NC(=O)c1ccc2nc(Cl)sc2c1. The summed E-state index contributed by atoms with van der Waals surface area (Å²) in [4.78, 5) is 16.1. The largest absolute Gasteiger partial charge is 0.383 e. The molecule has 0 radical (unpaired) electrons. The summed E-state index contributed by atoms with van der Waals surface area (Å²) in [7, 11) is 1.61. The molecule has 1 N–H and O–H groups in total. The Morgan fingerprint density at radius 2 is 2.39 bits per heavy atom. The van der Waals surface area contributed by atoms with Crippen molar-refractivity contribution in [3.8, 4) is 0 Å². The van der Waals surface area contributed by atoms with Crippen molar-refractivity contribution in [2.45, 2.75) is 13.0 Å². The molecular weight excluding hydrogens is 272 g/mol. The van der Waals surface area contributed by atoms with Crippen LogP contribution in [0.15, 0.2) is 18.2 Å². The van der Waals surface area contributed by atoms with Gasteiger partial charge >= 0.3 is 0 Å². The fraction of sp³-hybridized carbons (Fsp3) is 0.333. The minimum absolute atomic E-state index is 0.0248. The number of methoxy groups -OCH3 is 1. The first-order valence-corrected chi connectivity index (χ1v) is 6.65. The van der Waals surface area contributed by atoms with Crippen LogP contribution in [-0.4, -0.2) is 30.6 Å². The zero-order chi connectivity index (χ0) is 13.1. The van der Waals surface area contributed by atoms with E-state index in [-0.39, 0.29) is 11.9 Å². The maximum Gasteiger partial charge on any atom is 0.251 e. The van der Waals surface area contributed by atoms with Crippen molar-refractivity contribution in [3.05, 3.63) is 28.2 Å². The number of ether oxygens (including phenoxy) is 1. The molecule has 18 heavy (non-hydrogen) atoms. The van der Waals surface area contributed by atoms with Crippen molar-refractivity contribution < 1.29 is 9.53 Å². The van der Waals surface area contributed by atoms with Gasteiger partial charge in [-0.05, 0) is 25.1 Å². The summed E-state index contributed by atoms with van der Waals surface area (Å²) < 4.78 is 6.36. The predicted octanol–water partition coefficient (Wildman–Crippen LogP) is 2.71. The molecule has 1 aromatic heterocycles. The average molecular weight is 285 g/mol. The second kappa shape index (κ2) is 5.65. The highest BCUT2D eigenvalue weighted by Crippen LogP contribution is 2.26. The Hall–Kier alpha value is -1.17. The molecule has 2 rings (SSSR count). The maximum absolute atomic E-state index is 12.0. The molecule has 0 fully saturated rings. The third-order valence-electron chi connectivity index (χ3n) is 2.42. The van der Waals surface area contributed by atoms with Gasteiger partial charge in [-0.3, -0.25) is 4.79 Å². The van der Waals surface area contributed by atoms with E-state index in [9.17, 15) is 4.79 Å². The molecule has 1 aromatic carbocycles. The molecule has 0 aliphatic carbocycles. The normalized spacial score (nSPS) is 12.6. The number of aromatic nitrogens is 1. The van der Waals surface area contributed by atoms with E-state index in [2.05, 4.69) is 10.3 Å². The second-order valence-electron chi connectivity index (χ2n) is 3.98. The Morgan fingerprint density at radius 1 is 1.61 bits per heavy atom. The Kier molecular flexibility index (Phi) is 4.16. The lowest BCUT2D eigenvalue weighted by Gasteiger charge is -2.12. The molecule has 1 amide bonds. The number of nitrogens with zero attached hydrogens (tertiary/aromatic N) is 1. The zero-order valence-electron chi connectivity index (χ0n) is 10.1. The highest BCUT2D eigenvalue weighted by atomic mass is 35.5. The zero-order valence-corrected chi connectivity index (χ0v) is 11.6. The van der Waals surface area contributed by atoms with E-state index in [1.54, 1.807) is 25.3 Å². The fourth-order valence-corrected chi connectivity index (χ4v) is 2.71. The van der Waals surface area contributed by atoms with Crippen LogP contribution in [0.25, 0.3) is 10.2 Å². The Labute approximate surface area is 114 Å². The van der Waals surface area contributed by atoms with Gasteiger partial charge in [-0.15, -0.1) is 11.3 Å². The first kappa shape index (κ1) is 13.3. The molecular formula is C12H13ClN2O2S. The average Bonchev–Trinajstić information content (AvgIpc) is 2.68. The summed E-state index contributed by atoms with van der Waals surface area (Å²) in [5.41, 5.74) is 1.41. The van der Waals surface area contributed by atoms with Crippen LogP contribution in [0.5, 0.6) is 0 Å². The topological polar surface area (TPSA) is 51.2 Å². The number of benzene rings is 1. The van der Waals surface area contributed by atoms with Crippen molar-refractivity contribution in [2.24, 2.45) is 0 Å². The third kappa shape index (κ3) is 2.98. The highest BCUT2D eigenvalue weighted by Gasteiger charge is 2.11. The number of nitrogens with one attached hydrogen (secondary N) is 1. The molecule has 0 saturated heterocycles. The minimum atomic E-state index is -0.119. The van der Waals surface area contributed by atoms with Gasteiger partial charge < -0.3 is 10.1 Å². The minimum Gasteiger partial charge on any atom is -0.383 e. The quantitative estimate of drug-likeness (QED) is 0.939. The number of amides is 1. The Bertz CT molecular complexity index is 570. The Balaban J connectivity index is 2.17. The van der Waals surface area contributed by atoms with E-state index in [4.69, 9.17) is 16.3 Å². The number of hydrogen-bond acceptors (Lipinski definition) is 4. The first-order valence-electron chi connectivity index (χ1n) is 5.46. The third-order valence-corrected chi connectivity index (χ3v) is 3.54. The van der Waals surface area contributed by atoms with E-state index >= 15 is 0 Å². The molecule has 0 aliphatic heterocycles. The number of thiazole rings is 1. The van der Waals surface area contributed by atoms with Gasteiger partial charge in [-0.2, -0.15) is 0 Å². The summed E-state index contributed by atoms with van der Waals surface area (Å²) >= 11 is 7.19. The van der Waals surface area contributed by atoms with Gasteiger partial charge in [0.15, 0.2) is 4.47 Å². The number of hydrogen-bond donors (Lipinski definition) is 1. The smallest absolute Gasteiger partial charge is 0.251 e. The van der Waals surface area contributed by atoms with Crippen LogP contribution in [0.3, 0.4) is 0 Å². The standard InChI is InChI=1S/C12H13ClN2O2S/c1-7(6-17-2)14-11(16)8-3-4-9-10(5-8)18-12(13)15-9/h3-5,7H,6H2,1-2H3,(H,14,16). The summed E-state index contributed by atoms with van der Waals surface area (Å²) in [6, 6.07) is 5.32. The van der Waals surface area contributed by atoms with Crippen molar-refractivity contribution in [1.82, 2.24) is 10.3 Å². The van der Waals surface area contributed by atoms with Gasteiger partial charge in [-0.25, -0.2) is 4.98 Å². The first-order chi connectivity index (χ1) is 8.60. The van der Waals surface area contributed by atoms with Gasteiger partial charge in [0.05, 0.1) is 16.8 Å². The van der Waals surface area contributed by atoms with E-state index in [0.717, 1.165) is 10.2 Å². The van der Waals surface area contributed by atoms with Crippen LogP contribution in [0.1, 0.15) is 17.3 Å². The number of carbonyl (C=O) groups is 1. The van der Waals surface area contributed by atoms with Crippen LogP contribution in [0.2, 0.25) is 4.47 Å². The lowest BCUT2D eigenvalue weighted by atomic mass is 10.2. The van der Waals surface area contributed by atoms with Crippen LogP contribution >= 0.6 is 22.9 Å². The van der Waals surface area contributed by atoms with Crippen LogP contribution in [0, 0.1) is 0 Å². The molecule has 1 heterocycles. The van der Waals surface area contributed by atoms with Gasteiger partial charge in [0, 0.05) is 18.7 Å². The molecule has 0 aliphatic rings. The maximum atomic E-state index is 12.0. The summed E-state index contributed by atoms with van der Waals surface area (Å²) in [5.74, 6) is -0.119. The second-order valence-corrected chi connectivity index (χ2v) is 5.59. The summed E-state index contributed by atoms with van der Waals surface area (Å²) in [6.45, 7) is 2.38. The monoisotopic (exact) mass is 284 g/mol. The van der Waals surface area contributed by atoms with E-state index in [0.29, 0.717) is 16.6 Å². The molecule has 6 heteroatoms. The van der Waals surface area contributed by atoms with Gasteiger partial charge in [0.1, 0.15) is 0 Å². The fourth-order valence-electron chi connectivity index (χ4n) is 1.64. The molecule has 96 valence electrons. The lowest BCUT2D eigenvalue weighted by molar-refractivity contribution is 0.0905. The van der Waals surface area contributed by atoms with E-state index < -0.39 is 0 Å². The number of carbonyl (C=O) groups excluding carboxylic acids is 1. The molecule has 2 aromatic rings. The molecule has 0 bridgehead atoms. The van der Waals surface area contributed by atoms with Gasteiger partial charge in [0.2, 0.25) is 0 Å². The summed E-state index contributed by atoms with van der Waals surface area (Å²) in [6.07, 6.45) is 0. The van der Waals surface area contributed by atoms with Crippen molar-refractivity contribution in [3.63, 3.8) is 0 Å². The van der Waals surface area contributed by atoms with Crippen molar-refractivity contribution in [1.29, 1.82) is 0 Å². The molecule has 0 spiro atoms. The van der Waals surface area contributed by atoms with Crippen molar-refractivity contribution in [2.75, 3.05) is 13.7 Å². The number of halogens is 1. The van der Waals surface area contributed by atoms with Crippen molar-refractivity contribution >= 4 is 39.1 Å². The van der Waals surface area contributed by atoms with Crippen LogP contribution in [-0.2, 0) is 4.74 Å². The number of fused-ring (bicyclic) bond motifs is 1. The van der Waals surface area contributed by atoms with E-state index in [1.165, 1.54) is 11.3 Å². The number of rotatable bonds is 4. The van der Waals surface area contributed by atoms with Gasteiger partial charge in [-0.1, -0.05) is 11.6 Å². The van der Waals surface area contributed by atoms with E-state index in [1.807, 2.05) is 6.92 Å². The molecule has 0 saturated carbocycles. The molecule has 4 nitrogen and oxygen atoms in total. The molecule has 1 atom stereocenters. The lowest BCUT2D eigenvalue weighted by Crippen LogP contribution is -2.35. The predicted molar refractivity (Wildman–Crippen MR) is 73.4 cm³/mol. The van der Waals surface area contributed by atoms with Crippen LogP contribution < -0.4 is 5.32 Å². The van der Waals surface area contributed by atoms with Gasteiger partial charge in [0.25, 0.3) is 5.91 Å².